The molecule has 0 spiro atoms. The summed E-state index contributed by atoms with van der Waals surface area (Å²) in [6, 6.07) is 7.43. The molecule has 0 saturated carbocycles. The molecular weight excluding hydrogens is 501 g/mol. The van der Waals surface area contributed by atoms with Crippen LogP contribution in [0.15, 0.2) is 39.8 Å². The van der Waals surface area contributed by atoms with Crippen molar-refractivity contribution in [3.8, 4) is 5.75 Å². The second-order valence-electron chi connectivity index (χ2n) is 8.71. The maximum Gasteiger partial charge on any atom is 0.437 e. The molecule has 1 aromatic heterocycles. The van der Waals surface area contributed by atoms with Gasteiger partial charge in [0.1, 0.15) is 12.4 Å². The van der Waals surface area contributed by atoms with E-state index < -0.39 is 33.8 Å². The summed E-state index contributed by atoms with van der Waals surface area (Å²) < 4.78 is 78.0. The molecule has 4 rings (SSSR count). The third kappa shape index (κ3) is 4.79. The van der Waals surface area contributed by atoms with Crippen LogP contribution in [0.4, 0.5) is 13.2 Å². The first-order valence-electron chi connectivity index (χ1n) is 11.4. The smallest absolute Gasteiger partial charge is 0.437 e. The van der Waals surface area contributed by atoms with E-state index in [-0.39, 0.29) is 41.9 Å². The van der Waals surface area contributed by atoms with Gasteiger partial charge in [-0.2, -0.15) is 17.5 Å². The molecule has 0 amide bonds. The highest BCUT2D eigenvalue weighted by molar-refractivity contribution is 7.89. The molecule has 0 saturated heterocycles. The molecule has 8 nitrogen and oxygen atoms in total. The topological polar surface area (TPSA) is 110 Å². The average Bonchev–Trinajstić information content (AvgIpc) is 3.44. The number of benzene rings is 2. The number of rotatable bonds is 9. The van der Waals surface area contributed by atoms with Crippen molar-refractivity contribution < 1.29 is 40.8 Å². The lowest BCUT2D eigenvalue weighted by atomic mass is 10.0. The number of aromatic nitrogens is 1. The quantitative estimate of drug-likeness (QED) is 0.443. The number of sulfonamides is 1. The second-order valence-corrected chi connectivity index (χ2v) is 10.7. The molecule has 0 radical (unpaired) electrons. The van der Waals surface area contributed by atoms with Gasteiger partial charge in [-0.25, -0.2) is 8.42 Å². The van der Waals surface area contributed by atoms with Crippen LogP contribution in [0.5, 0.6) is 5.75 Å². The van der Waals surface area contributed by atoms with E-state index in [1.807, 2.05) is 6.92 Å². The van der Waals surface area contributed by atoms with Gasteiger partial charge in [-0.05, 0) is 48.6 Å². The number of nitrogens with zero attached hydrogens (tertiary/aromatic N) is 2. The number of hydrogen-bond donors (Lipinski definition) is 1. The number of likely N-dealkylation sites (N-methyl/N-ethyl adjacent to an activating group) is 1. The molecule has 1 heterocycles. The number of carbonyl (C=O) groups is 1. The van der Waals surface area contributed by atoms with Crippen LogP contribution in [-0.4, -0.2) is 49.2 Å². The maximum atomic E-state index is 13.2. The molecule has 194 valence electrons. The normalized spacial score (nSPS) is 16.0. The molecule has 1 aliphatic carbocycles. The predicted octanol–water partition coefficient (Wildman–Crippen LogP) is 4.30. The van der Waals surface area contributed by atoms with Gasteiger partial charge in [0.15, 0.2) is 11.3 Å². The van der Waals surface area contributed by atoms with Gasteiger partial charge in [0.2, 0.25) is 10.0 Å². The van der Waals surface area contributed by atoms with Gasteiger partial charge in [-0.1, -0.05) is 30.6 Å². The van der Waals surface area contributed by atoms with Crippen molar-refractivity contribution in [1.82, 2.24) is 9.46 Å². The van der Waals surface area contributed by atoms with Crippen LogP contribution in [0, 0.1) is 5.92 Å². The van der Waals surface area contributed by atoms with Crippen LogP contribution in [0.25, 0.3) is 11.0 Å². The lowest BCUT2D eigenvalue weighted by Crippen LogP contribution is -2.31. The lowest BCUT2D eigenvalue weighted by molar-refractivity contribution is -0.142. The summed E-state index contributed by atoms with van der Waals surface area (Å²) in [5, 5.41) is 12.4. The Morgan fingerprint density at radius 2 is 2.00 bits per heavy atom. The average molecular weight is 527 g/mol. The molecule has 1 N–H and O–H groups in total. The van der Waals surface area contributed by atoms with Crippen LogP contribution in [0.2, 0.25) is 0 Å². The minimum Gasteiger partial charge on any atom is -0.492 e. The summed E-state index contributed by atoms with van der Waals surface area (Å²) in [4.78, 5) is 11.5. The molecule has 0 aliphatic heterocycles. The van der Waals surface area contributed by atoms with Crippen molar-refractivity contribution in [2.24, 2.45) is 5.92 Å². The zero-order chi connectivity index (χ0) is 26.3. The first-order chi connectivity index (χ1) is 16.9. The van der Waals surface area contributed by atoms with E-state index in [9.17, 15) is 31.5 Å². The predicted molar refractivity (Wildman–Crippen MR) is 123 cm³/mol. The third-order valence-corrected chi connectivity index (χ3v) is 8.26. The molecule has 3 aromatic rings. The van der Waals surface area contributed by atoms with E-state index in [1.54, 1.807) is 12.1 Å². The number of aliphatic carboxylic acids is 1. The molecule has 1 atom stereocenters. The molecular formula is C24H25F3N2O6S. The van der Waals surface area contributed by atoms with E-state index in [1.165, 1.54) is 25.2 Å². The van der Waals surface area contributed by atoms with Crippen LogP contribution in [-0.2, 0) is 40.3 Å². The molecule has 12 heteroatoms. The Balaban J connectivity index is 1.51. The summed E-state index contributed by atoms with van der Waals surface area (Å²) in [6.45, 7) is 1.75. The summed E-state index contributed by atoms with van der Waals surface area (Å²) in [6.07, 6.45) is -3.24. The number of carboxylic acids is 1. The zero-order valence-electron chi connectivity index (χ0n) is 19.6. The van der Waals surface area contributed by atoms with Crippen molar-refractivity contribution in [2.45, 2.75) is 43.7 Å². The Morgan fingerprint density at radius 1 is 1.25 bits per heavy atom. The van der Waals surface area contributed by atoms with Gasteiger partial charge in [-0.15, -0.1) is 0 Å². The maximum absolute atomic E-state index is 13.2. The monoisotopic (exact) mass is 526 g/mol. The molecule has 1 unspecified atom stereocenters. The first-order valence-corrected chi connectivity index (χ1v) is 12.8. The number of alkyl halides is 3. The standard InChI is InChI=1S/C24H25F3N2O6S/c1-3-5-16-19(9-8-17-21(16)35-28-22(17)24(25,26)27)34-11-10-29(2)36(32,33)20-7-4-6-14-12-15(23(30)31)13-18(14)20/h4,6-9,15H,3,5,10-13H2,1-2H3,(H,30,31). The van der Waals surface area contributed by atoms with E-state index in [2.05, 4.69) is 5.16 Å². The fourth-order valence-corrected chi connectivity index (χ4v) is 5.90. The minimum absolute atomic E-state index is 0.00418. The molecule has 0 fully saturated rings. The molecule has 1 aliphatic rings. The van der Waals surface area contributed by atoms with Crippen molar-refractivity contribution >= 4 is 27.0 Å². The summed E-state index contributed by atoms with van der Waals surface area (Å²) in [5.74, 6) is -1.33. The Labute approximate surface area is 205 Å². The second kappa shape index (κ2) is 9.74. The summed E-state index contributed by atoms with van der Waals surface area (Å²) in [7, 11) is -2.54. The summed E-state index contributed by atoms with van der Waals surface area (Å²) >= 11 is 0. The van der Waals surface area contributed by atoms with E-state index >= 15 is 0 Å². The van der Waals surface area contributed by atoms with Crippen LogP contribution < -0.4 is 4.74 Å². The van der Waals surface area contributed by atoms with Gasteiger partial charge in [0, 0.05) is 19.2 Å². The van der Waals surface area contributed by atoms with Gasteiger partial charge in [0.25, 0.3) is 0 Å². The highest BCUT2D eigenvalue weighted by atomic mass is 32.2. The van der Waals surface area contributed by atoms with Crippen molar-refractivity contribution in [3.63, 3.8) is 0 Å². The van der Waals surface area contributed by atoms with Gasteiger partial charge in [-0.3, -0.25) is 4.79 Å². The SMILES string of the molecule is CCCc1c(OCCN(C)S(=O)(=O)c2cccc3c2CC(C(=O)O)C3)ccc2c(C(F)(F)F)noc12. The van der Waals surface area contributed by atoms with Crippen molar-refractivity contribution in [2.75, 3.05) is 20.2 Å². The molecule has 0 bridgehead atoms. The Bertz CT molecular complexity index is 1400. The number of halogens is 3. The molecule has 36 heavy (non-hydrogen) atoms. The van der Waals surface area contributed by atoms with E-state index in [0.717, 1.165) is 4.31 Å². The van der Waals surface area contributed by atoms with Crippen LogP contribution >= 0.6 is 0 Å². The third-order valence-electron chi connectivity index (χ3n) is 6.32. The zero-order valence-corrected chi connectivity index (χ0v) is 20.4. The Kier molecular flexibility index (Phi) is 7.02. The first kappa shape index (κ1) is 26.0. The fourth-order valence-electron chi connectivity index (χ4n) is 4.47. The number of fused-ring (bicyclic) bond motifs is 2. The van der Waals surface area contributed by atoms with Gasteiger partial charge < -0.3 is 14.4 Å². The summed E-state index contributed by atoms with van der Waals surface area (Å²) in [5.41, 5.74) is 0.544. The number of carboxylic acid groups (broad SMARTS) is 1. The van der Waals surface area contributed by atoms with Crippen molar-refractivity contribution in [3.05, 3.63) is 52.7 Å². The van der Waals surface area contributed by atoms with Crippen molar-refractivity contribution in [1.29, 1.82) is 0 Å². The highest BCUT2D eigenvalue weighted by Crippen LogP contribution is 2.38. The Hall–Kier alpha value is -3.12. The van der Waals surface area contributed by atoms with E-state index in [0.29, 0.717) is 35.3 Å². The van der Waals surface area contributed by atoms with Gasteiger partial charge in [0.05, 0.1) is 16.2 Å². The number of hydrogen-bond acceptors (Lipinski definition) is 6. The lowest BCUT2D eigenvalue weighted by Gasteiger charge is -2.20. The largest absolute Gasteiger partial charge is 0.492 e. The highest BCUT2D eigenvalue weighted by Gasteiger charge is 2.38. The number of ether oxygens (including phenoxy) is 1. The number of aryl methyl sites for hydroxylation is 1. The van der Waals surface area contributed by atoms with Crippen LogP contribution in [0.1, 0.15) is 35.7 Å². The van der Waals surface area contributed by atoms with Crippen LogP contribution in [0.3, 0.4) is 0 Å². The fraction of sp³-hybridized carbons (Fsp3) is 0.417. The minimum atomic E-state index is -4.66. The van der Waals surface area contributed by atoms with E-state index in [4.69, 9.17) is 9.26 Å². The Morgan fingerprint density at radius 3 is 2.67 bits per heavy atom. The van der Waals surface area contributed by atoms with Gasteiger partial charge >= 0.3 is 12.1 Å². The molecule has 2 aromatic carbocycles.